The van der Waals surface area contributed by atoms with Gasteiger partial charge in [0.2, 0.25) is 0 Å². The lowest BCUT2D eigenvalue weighted by molar-refractivity contribution is -0.385. The molecule has 2 rings (SSSR count). The fourth-order valence-electron chi connectivity index (χ4n) is 1.59. The van der Waals surface area contributed by atoms with E-state index >= 15 is 0 Å². The summed E-state index contributed by atoms with van der Waals surface area (Å²) in [7, 11) is 0. The monoisotopic (exact) mass is 233 g/mol. The third kappa shape index (κ3) is 2.48. The van der Waals surface area contributed by atoms with E-state index in [1.165, 1.54) is 6.07 Å². The molecule has 0 fully saturated rings. The van der Waals surface area contributed by atoms with Crippen LogP contribution in [-0.2, 0) is 13.2 Å². The van der Waals surface area contributed by atoms with Crippen LogP contribution in [0.5, 0.6) is 0 Å². The Kier molecular flexibility index (Phi) is 3.15. The fraction of sp³-hybridized carbons (Fsp3) is 0.182. The smallest absolute Gasteiger partial charge is 0.275 e. The average molecular weight is 233 g/mol. The van der Waals surface area contributed by atoms with Gasteiger partial charge in [0.05, 0.1) is 23.6 Å². The zero-order valence-electron chi connectivity index (χ0n) is 8.98. The van der Waals surface area contributed by atoms with Crippen molar-refractivity contribution in [2.75, 3.05) is 0 Å². The molecule has 0 radical (unpaired) electrons. The number of nitro benzene ring substituents is 1. The lowest BCUT2D eigenvalue weighted by atomic mass is 10.1. The predicted molar refractivity (Wildman–Crippen MR) is 60.3 cm³/mol. The van der Waals surface area contributed by atoms with Gasteiger partial charge in [0.1, 0.15) is 0 Å². The van der Waals surface area contributed by atoms with E-state index in [0.717, 1.165) is 5.56 Å². The van der Waals surface area contributed by atoms with Gasteiger partial charge >= 0.3 is 0 Å². The minimum absolute atomic E-state index is 0.0582. The molecule has 0 unspecified atom stereocenters. The van der Waals surface area contributed by atoms with Gasteiger partial charge in [0.15, 0.2) is 0 Å². The van der Waals surface area contributed by atoms with Gasteiger partial charge in [-0.2, -0.15) is 5.10 Å². The van der Waals surface area contributed by atoms with Crippen LogP contribution in [-0.4, -0.2) is 19.8 Å². The zero-order valence-corrected chi connectivity index (χ0v) is 8.98. The number of hydrogen-bond acceptors (Lipinski definition) is 4. The van der Waals surface area contributed by atoms with Crippen molar-refractivity contribution in [1.82, 2.24) is 9.78 Å². The van der Waals surface area contributed by atoms with Crippen molar-refractivity contribution < 1.29 is 10.0 Å². The largest absolute Gasteiger partial charge is 0.391 e. The Morgan fingerprint density at radius 3 is 2.88 bits per heavy atom. The molecule has 0 amide bonds. The molecule has 0 saturated carbocycles. The Hall–Kier alpha value is -2.21. The molecule has 0 aliphatic rings. The second-order valence-electron chi connectivity index (χ2n) is 3.58. The van der Waals surface area contributed by atoms with Gasteiger partial charge in [-0.25, -0.2) is 0 Å². The lowest BCUT2D eigenvalue weighted by Gasteiger charge is -2.04. The van der Waals surface area contributed by atoms with E-state index in [0.29, 0.717) is 12.1 Å². The summed E-state index contributed by atoms with van der Waals surface area (Å²) >= 11 is 0. The molecule has 2 aromatic rings. The second kappa shape index (κ2) is 4.75. The molecule has 0 aliphatic heterocycles. The minimum Gasteiger partial charge on any atom is -0.391 e. The molecule has 1 aromatic carbocycles. The number of rotatable bonds is 4. The Labute approximate surface area is 97.3 Å². The van der Waals surface area contributed by atoms with E-state index in [1.807, 2.05) is 0 Å². The molecule has 6 heteroatoms. The van der Waals surface area contributed by atoms with Crippen molar-refractivity contribution in [3.05, 3.63) is 57.9 Å². The normalized spacial score (nSPS) is 10.4. The standard InChI is InChI=1S/C11H11N3O3/c15-8-10-3-2-9(6-11(10)14(16)17)7-13-5-1-4-12-13/h1-6,15H,7-8H2. The van der Waals surface area contributed by atoms with Crippen molar-refractivity contribution in [2.45, 2.75) is 13.2 Å². The summed E-state index contributed by atoms with van der Waals surface area (Å²) in [6.45, 7) is 0.137. The predicted octanol–water partition coefficient (Wildman–Crippen LogP) is 1.33. The first-order chi connectivity index (χ1) is 8.20. The maximum absolute atomic E-state index is 10.8. The molecule has 0 aliphatic carbocycles. The highest BCUT2D eigenvalue weighted by molar-refractivity contribution is 5.43. The van der Waals surface area contributed by atoms with Crippen LogP contribution < -0.4 is 0 Å². The number of nitro groups is 1. The maximum Gasteiger partial charge on any atom is 0.275 e. The second-order valence-corrected chi connectivity index (χ2v) is 3.58. The van der Waals surface area contributed by atoms with Crippen LogP contribution in [0.25, 0.3) is 0 Å². The summed E-state index contributed by atoms with van der Waals surface area (Å²) in [5.74, 6) is 0. The number of hydrogen-bond donors (Lipinski definition) is 1. The van der Waals surface area contributed by atoms with Gasteiger partial charge in [-0.15, -0.1) is 0 Å². The van der Waals surface area contributed by atoms with Crippen LogP contribution in [0, 0.1) is 10.1 Å². The van der Waals surface area contributed by atoms with Crippen LogP contribution >= 0.6 is 0 Å². The quantitative estimate of drug-likeness (QED) is 0.638. The Bertz CT molecular complexity index is 523. The molecule has 0 saturated heterocycles. The van der Waals surface area contributed by atoms with Gasteiger partial charge < -0.3 is 5.11 Å². The first-order valence-corrected chi connectivity index (χ1v) is 5.05. The average Bonchev–Trinajstić information content (AvgIpc) is 2.81. The summed E-state index contributed by atoms with van der Waals surface area (Å²) in [6.07, 6.45) is 3.43. The van der Waals surface area contributed by atoms with E-state index in [9.17, 15) is 10.1 Å². The zero-order chi connectivity index (χ0) is 12.3. The van der Waals surface area contributed by atoms with Crippen molar-refractivity contribution >= 4 is 5.69 Å². The van der Waals surface area contributed by atoms with Crippen molar-refractivity contribution in [3.8, 4) is 0 Å². The van der Waals surface area contributed by atoms with Crippen molar-refractivity contribution in [1.29, 1.82) is 0 Å². The van der Waals surface area contributed by atoms with Gasteiger partial charge in [0.25, 0.3) is 5.69 Å². The Morgan fingerprint density at radius 1 is 1.47 bits per heavy atom. The number of aliphatic hydroxyl groups excluding tert-OH is 1. The first-order valence-electron chi connectivity index (χ1n) is 5.05. The van der Waals surface area contributed by atoms with Crippen LogP contribution in [0.4, 0.5) is 5.69 Å². The maximum atomic E-state index is 10.8. The summed E-state index contributed by atoms with van der Waals surface area (Å²) in [5, 5.41) is 23.8. The van der Waals surface area contributed by atoms with Gasteiger partial charge in [-0.3, -0.25) is 14.8 Å². The molecule has 1 aromatic heterocycles. The molecular formula is C11H11N3O3. The van der Waals surface area contributed by atoms with Crippen LogP contribution in [0.3, 0.4) is 0 Å². The molecule has 17 heavy (non-hydrogen) atoms. The number of aliphatic hydroxyl groups is 1. The third-order valence-corrected chi connectivity index (χ3v) is 2.42. The number of nitrogens with zero attached hydrogens (tertiary/aromatic N) is 3. The molecule has 0 atom stereocenters. The Morgan fingerprint density at radius 2 is 2.29 bits per heavy atom. The van der Waals surface area contributed by atoms with E-state index in [-0.39, 0.29) is 12.3 Å². The van der Waals surface area contributed by atoms with E-state index < -0.39 is 4.92 Å². The highest BCUT2D eigenvalue weighted by Crippen LogP contribution is 2.20. The van der Waals surface area contributed by atoms with Crippen LogP contribution in [0.1, 0.15) is 11.1 Å². The van der Waals surface area contributed by atoms with E-state index in [1.54, 1.807) is 35.3 Å². The first kappa shape index (κ1) is 11.3. The summed E-state index contributed by atoms with van der Waals surface area (Å²) in [6, 6.07) is 6.57. The minimum atomic E-state index is -0.488. The summed E-state index contributed by atoms with van der Waals surface area (Å²) < 4.78 is 1.68. The van der Waals surface area contributed by atoms with Crippen molar-refractivity contribution in [2.24, 2.45) is 0 Å². The number of aromatic nitrogens is 2. The fourth-order valence-corrected chi connectivity index (χ4v) is 1.59. The highest BCUT2D eigenvalue weighted by Gasteiger charge is 2.13. The van der Waals surface area contributed by atoms with E-state index in [4.69, 9.17) is 5.11 Å². The lowest BCUT2D eigenvalue weighted by Crippen LogP contribution is -2.02. The molecule has 1 heterocycles. The summed E-state index contributed by atoms with van der Waals surface area (Å²) in [5.41, 5.74) is 1.04. The number of benzene rings is 1. The topological polar surface area (TPSA) is 81.2 Å². The van der Waals surface area contributed by atoms with Crippen LogP contribution in [0.2, 0.25) is 0 Å². The highest BCUT2D eigenvalue weighted by atomic mass is 16.6. The van der Waals surface area contributed by atoms with Crippen LogP contribution in [0.15, 0.2) is 36.7 Å². The van der Waals surface area contributed by atoms with E-state index in [2.05, 4.69) is 5.10 Å². The molecule has 6 nitrogen and oxygen atoms in total. The SMILES string of the molecule is O=[N+]([O-])c1cc(Cn2cccn2)ccc1CO. The van der Waals surface area contributed by atoms with Gasteiger partial charge in [-0.05, 0) is 17.7 Å². The van der Waals surface area contributed by atoms with Gasteiger partial charge in [-0.1, -0.05) is 6.07 Å². The molecular weight excluding hydrogens is 222 g/mol. The van der Waals surface area contributed by atoms with Crippen molar-refractivity contribution in [3.63, 3.8) is 0 Å². The Balaban J connectivity index is 2.30. The molecule has 88 valence electrons. The molecule has 1 N–H and O–H groups in total. The third-order valence-electron chi connectivity index (χ3n) is 2.42. The summed E-state index contributed by atoms with van der Waals surface area (Å²) in [4.78, 5) is 10.3. The molecule has 0 spiro atoms. The molecule has 0 bridgehead atoms. The van der Waals surface area contributed by atoms with Gasteiger partial charge in [0, 0.05) is 18.5 Å².